The van der Waals surface area contributed by atoms with Gasteiger partial charge < -0.3 is 10.5 Å². The van der Waals surface area contributed by atoms with Gasteiger partial charge in [0.15, 0.2) is 0 Å². The summed E-state index contributed by atoms with van der Waals surface area (Å²) in [6, 6.07) is 12.0. The Morgan fingerprint density at radius 2 is 1.95 bits per heavy atom. The average Bonchev–Trinajstić information content (AvgIpc) is 3.17. The smallest absolute Gasteiger partial charge is 0.0889 e. The molecule has 21 heavy (non-hydrogen) atoms. The van der Waals surface area contributed by atoms with Crippen molar-refractivity contribution < 1.29 is 4.74 Å². The van der Waals surface area contributed by atoms with Crippen LogP contribution >= 0.6 is 0 Å². The minimum atomic E-state index is -0.235. The van der Waals surface area contributed by atoms with Gasteiger partial charge in [0.25, 0.3) is 0 Å². The Morgan fingerprint density at radius 3 is 2.62 bits per heavy atom. The van der Waals surface area contributed by atoms with Crippen LogP contribution in [0.4, 0.5) is 0 Å². The summed E-state index contributed by atoms with van der Waals surface area (Å²) in [5.41, 5.74) is 8.45. The second-order valence-corrected chi connectivity index (χ2v) is 5.69. The van der Waals surface area contributed by atoms with Crippen molar-refractivity contribution in [2.75, 3.05) is 6.61 Å². The number of rotatable bonds is 5. The van der Waals surface area contributed by atoms with Gasteiger partial charge >= 0.3 is 0 Å². The van der Waals surface area contributed by atoms with Crippen molar-refractivity contribution in [1.82, 2.24) is 9.78 Å². The molecule has 0 saturated heterocycles. The highest BCUT2D eigenvalue weighted by atomic mass is 16.5. The van der Waals surface area contributed by atoms with Gasteiger partial charge in [0.2, 0.25) is 0 Å². The summed E-state index contributed by atoms with van der Waals surface area (Å²) in [4.78, 5) is 0. The van der Waals surface area contributed by atoms with E-state index >= 15 is 0 Å². The van der Waals surface area contributed by atoms with Gasteiger partial charge in [0.1, 0.15) is 0 Å². The molecule has 0 aliphatic heterocycles. The third-order valence-corrected chi connectivity index (χ3v) is 4.44. The van der Waals surface area contributed by atoms with Crippen molar-refractivity contribution in [2.24, 2.45) is 5.73 Å². The molecule has 1 atom stereocenters. The van der Waals surface area contributed by atoms with Gasteiger partial charge in [-0.2, -0.15) is 5.10 Å². The number of aromatic nitrogens is 2. The summed E-state index contributed by atoms with van der Waals surface area (Å²) in [5.74, 6) is 0. The van der Waals surface area contributed by atoms with Crippen molar-refractivity contribution in [2.45, 2.75) is 44.2 Å². The second kappa shape index (κ2) is 6.00. The third-order valence-electron chi connectivity index (χ3n) is 4.44. The molecule has 1 aromatic heterocycles. The van der Waals surface area contributed by atoms with E-state index in [9.17, 15) is 0 Å². The predicted molar refractivity (Wildman–Crippen MR) is 83.3 cm³/mol. The van der Waals surface area contributed by atoms with Gasteiger partial charge in [-0.3, -0.25) is 0 Å². The zero-order chi connectivity index (χ0) is 14.7. The number of nitrogens with zero attached hydrogens (tertiary/aromatic N) is 2. The van der Waals surface area contributed by atoms with Crippen LogP contribution in [-0.4, -0.2) is 22.0 Å². The molecule has 1 aliphatic carbocycles. The number of ether oxygens (including phenoxy) is 1. The van der Waals surface area contributed by atoms with Gasteiger partial charge in [0.05, 0.1) is 23.0 Å². The Bertz CT molecular complexity index is 573. The molecule has 1 saturated carbocycles. The number of hydrogen-bond acceptors (Lipinski definition) is 3. The minimum absolute atomic E-state index is 0.150. The first kappa shape index (κ1) is 14.3. The van der Waals surface area contributed by atoms with E-state index in [1.165, 1.54) is 12.8 Å². The maximum absolute atomic E-state index is 6.62. The van der Waals surface area contributed by atoms with Crippen molar-refractivity contribution in [1.29, 1.82) is 0 Å². The Balaban J connectivity index is 1.95. The van der Waals surface area contributed by atoms with Crippen LogP contribution in [0.5, 0.6) is 0 Å². The molecule has 4 nitrogen and oxygen atoms in total. The first-order valence-electron chi connectivity index (χ1n) is 7.76. The van der Waals surface area contributed by atoms with Crippen LogP contribution in [0, 0.1) is 0 Å². The van der Waals surface area contributed by atoms with Crippen LogP contribution in [0.3, 0.4) is 0 Å². The second-order valence-electron chi connectivity index (χ2n) is 5.69. The molecule has 112 valence electrons. The van der Waals surface area contributed by atoms with Gasteiger partial charge in [-0.25, -0.2) is 4.68 Å². The molecular formula is C17H23N3O. The van der Waals surface area contributed by atoms with Crippen molar-refractivity contribution >= 4 is 0 Å². The molecule has 1 unspecified atom stereocenters. The zero-order valence-corrected chi connectivity index (χ0v) is 12.5. The summed E-state index contributed by atoms with van der Waals surface area (Å²) in [6.45, 7) is 2.74. The summed E-state index contributed by atoms with van der Waals surface area (Å²) in [6.07, 6.45) is 6.25. The summed E-state index contributed by atoms with van der Waals surface area (Å²) in [7, 11) is 0. The lowest BCUT2D eigenvalue weighted by Gasteiger charge is -2.35. The highest BCUT2D eigenvalue weighted by Gasteiger charge is 2.42. The Hall–Kier alpha value is -1.65. The first-order valence-corrected chi connectivity index (χ1v) is 7.76. The van der Waals surface area contributed by atoms with Crippen molar-refractivity contribution in [3.63, 3.8) is 0 Å². The molecule has 0 amide bonds. The number of benzene rings is 1. The van der Waals surface area contributed by atoms with Gasteiger partial charge in [-0.05, 0) is 38.0 Å². The van der Waals surface area contributed by atoms with Crippen LogP contribution in [0.1, 0.15) is 44.3 Å². The number of hydrogen-bond donors (Lipinski definition) is 1. The first-order chi connectivity index (χ1) is 10.3. The maximum Gasteiger partial charge on any atom is 0.0889 e. The van der Waals surface area contributed by atoms with E-state index < -0.39 is 0 Å². The van der Waals surface area contributed by atoms with Gasteiger partial charge in [-0.1, -0.05) is 31.0 Å². The van der Waals surface area contributed by atoms with E-state index in [0.717, 1.165) is 24.2 Å². The number of nitrogens with two attached hydrogens (primary N) is 1. The van der Waals surface area contributed by atoms with E-state index in [1.54, 1.807) is 0 Å². The zero-order valence-electron chi connectivity index (χ0n) is 12.5. The quantitative estimate of drug-likeness (QED) is 0.917. The molecular weight excluding hydrogens is 262 g/mol. The van der Waals surface area contributed by atoms with E-state index in [0.29, 0.717) is 6.61 Å². The topological polar surface area (TPSA) is 53.1 Å². The minimum Gasteiger partial charge on any atom is -0.373 e. The monoisotopic (exact) mass is 285 g/mol. The summed E-state index contributed by atoms with van der Waals surface area (Å²) in [5, 5.41) is 4.45. The molecule has 1 aliphatic rings. The molecule has 4 heteroatoms. The highest BCUT2D eigenvalue weighted by molar-refractivity contribution is 5.33. The van der Waals surface area contributed by atoms with Crippen molar-refractivity contribution in [3.8, 4) is 5.69 Å². The fourth-order valence-corrected chi connectivity index (χ4v) is 3.41. The Kier molecular flexibility index (Phi) is 4.08. The van der Waals surface area contributed by atoms with Crippen LogP contribution in [0.25, 0.3) is 5.69 Å². The van der Waals surface area contributed by atoms with E-state index in [2.05, 4.69) is 5.10 Å². The van der Waals surface area contributed by atoms with Crippen LogP contribution in [-0.2, 0) is 4.74 Å². The SMILES string of the molecule is CCOC1(C(N)c2ccnn2-c2ccccc2)CCCC1. The maximum atomic E-state index is 6.62. The van der Waals surface area contributed by atoms with Crippen molar-refractivity contribution in [3.05, 3.63) is 48.3 Å². The van der Waals surface area contributed by atoms with E-state index in [4.69, 9.17) is 10.5 Å². The standard InChI is InChI=1S/C17H23N3O/c1-2-21-17(11-6-7-12-17)16(18)15-10-13-19-20(15)14-8-4-3-5-9-14/h3-5,8-10,13,16H,2,6-7,11-12,18H2,1H3. The number of para-hydroxylation sites is 1. The molecule has 1 aromatic carbocycles. The fraction of sp³-hybridized carbons (Fsp3) is 0.471. The Morgan fingerprint density at radius 1 is 1.24 bits per heavy atom. The fourth-order valence-electron chi connectivity index (χ4n) is 3.41. The molecule has 0 radical (unpaired) electrons. The van der Waals surface area contributed by atoms with E-state index in [-0.39, 0.29) is 11.6 Å². The van der Waals surface area contributed by atoms with Crippen LogP contribution in [0.2, 0.25) is 0 Å². The molecule has 0 spiro atoms. The molecule has 2 aromatic rings. The molecule has 3 rings (SSSR count). The average molecular weight is 285 g/mol. The largest absolute Gasteiger partial charge is 0.373 e. The Labute approximate surface area is 125 Å². The summed E-state index contributed by atoms with van der Waals surface area (Å²) >= 11 is 0. The molecule has 2 N–H and O–H groups in total. The lowest BCUT2D eigenvalue weighted by atomic mass is 9.90. The van der Waals surface area contributed by atoms with Crippen LogP contribution in [0.15, 0.2) is 42.6 Å². The molecule has 1 heterocycles. The summed E-state index contributed by atoms with van der Waals surface area (Å²) < 4.78 is 8.04. The lowest BCUT2D eigenvalue weighted by molar-refractivity contribution is -0.0549. The van der Waals surface area contributed by atoms with Gasteiger partial charge in [-0.15, -0.1) is 0 Å². The molecule has 0 bridgehead atoms. The highest BCUT2D eigenvalue weighted by Crippen LogP contribution is 2.42. The van der Waals surface area contributed by atoms with Crippen LogP contribution < -0.4 is 5.73 Å². The molecule has 1 fully saturated rings. The predicted octanol–water partition coefficient (Wildman–Crippen LogP) is 3.22. The van der Waals surface area contributed by atoms with E-state index in [1.807, 2.05) is 54.2 Å². The third kappa shape index (κ3) is 2.61. The normalized spacial score (nSPS) is 18.8. The lowest BCUT2D eigenvalue weighted by Crippen LogP contribution is -2.42. The van der Waals surface area contributed by atoms with Gasteiger partial charge in [0, 0.05) is 12.8 Å².